The molecular formula is C8H13O2. The third kappa shape index (κ3) is 4.24. The highest BCUT2D eigenvalue weighted by Gasteiger charge is 2.05. The van der Waals surface area contributed by atoms with Crippen LogP contribution in [0.4, 0.5) is 0 Å². The van der Waals surface area contributed by atoms with Crippen molar-refractivity contribution in [3.05, 3.63) is 6.92 Å². The molecule has 0 saturated carbocycles. The number of carbonyl (C=O) groups is 2. The van der Waals surface area contributed by atoms with Crippen molar-refractivity contribution in [1.82, 2.24) is 0 Å². The van der Waals surface area contributed by atoms with E-state index in [2.05, 4.69) is 13.8 Å². The lowest BCUT2D eigenvalue weighted by molar-refractivity contribution is -0.134. The monoisotopic (exact) mass is 141 g/mol. The molecule has 0 saturated heterocycles. The van der Waals surface area contributed by atoms with Crippen LogP contribution in [0, 0.1) is 6.92 Å². The van der Waals surface area contributed by atoms with Crippen molar-refractivity contribution < 1.29 is 9.59 Å². The van der Waals surface area contributed by atoms with Crippen molar-refractivity contribution in [2.75, 3.05) is 0 Å². The van der Waals surface area contributed by atoms with E-state index < -0.39 is 5.78 Å². The predicted molar refractivity (Wildman–Crippen MR) is 39.5 cm³/mol. The molecule has 2 nitrogen and oxygen atoms in total. The summed E-state index contributed by atoms with van der Waals surface area (Å²) in [7, 11) is 0. The number of carbonyl (C=O) groups excluding carboxylic acids is 2. The van der Waals surface area contributed by atoms with E-state index in [1.54, 1.807) is 0 Å². The molecule has 0 aliphatic rings. The van der Waals surface area contributed by atoms with Gasteiger partial charge in [0.05, 0.1) is 0 Å². The second kappa shape index (κ2) is 5.15. The molecule has 0 unspecified atom stereocenters. The van der Waals surface area contributed by atoms with Gasteiger partial charge in [-0.25, -0.2) is 0 Å². The van der Waals surface area contributed by atoms with E-state index in [0.29, 0.717) is 6.42 Å². The van der Waals surface area contributed by atoms with Crippen molar-refractivity contribution in [2.45, 2.75) is 32.6 Å². The highest BCUT2D eigenvalue weighted by Crippen LogP contribution is 1.99. The Morgan fingerprint density at radius 1 is 1.30 bits per heavy atom. The highest BCUT2D eigenvalue weighted by molar-refractivity contribution is 6.38. The summed E-state index contributed by atoms with van der Waals surface area (Å²) in [6.07, 6.45) is 3.27. The second-order valence-corrected chi connectivity index (χ2v) is 2.30. The van der Waals surface area contributed by atoms with E-state index >= 15 is 0 Å². The van der Waals surface area contributed by atoms with Crippen LogP contribution in [0.15, 0.2) is 0 Å². The zero-order valence-electron chi connectivity index (χ0n) is 6.35. The topological polar surface area (TPSA) is 34.1 Å². The first-order valence-corrected chi connectivity index (χ1v) is 3.57. The maximum absolute atomic E-state index is 10.6. The quantitative estimate of drug-likeness (QED) is 0.430. The Morgan fingerprint density at radius 2 is 1.90 bits per heavy atom. The zero-order chi connectivity index (χ0) is 7.98. The van der Waals surface area contributed by atoms with Gasteiger partial charge in [-0.05, 0) is 6.42 Å². The number of ketones is 2. The number of hydrogen-bond acceptors (Lipinski definition) is 2. The van der Waals surface area contributed by atoms with Gasteiger partial charge in [0, 0.05) is 13.3 Å². The molecule has 0 rings (SSSR count). The van der Waals surface area contributed by atoms with Crippen LogP contribution in [0.1, 0.15) is 32.6 Å². The molecule has 0 aliphatic carbocycles. The van der Waals surface area contributed by atoms with Crippen LogP contribution >= 0.6 is 0 Å². The smallest absolute Gasteiger partial charge is 0.198 e. The predicted octanol–water partition coefficient (Wildman–Crippen LogP) is 1.54. The molecule has 0 N–H and O–H groups in total. The highest BCUT2D eigenvalue weighted by atomic mass is 16.2. The minimum absolute atomic E-state index is 0.339. The lowest BCUT2D eigenvalue weighted by Crippen LogP contribution is -2.08. The lowest BCUT2D eigenvalue weighted by atomic mass is 10.1. The number of hydrogen-bond donors (Lipinski definition) is 0. The summed E-state index contributed by atoms with van der Waals surface area (Å²) in [5.41, 5.74) is 0. The molecule has 0 fully saturated rings. The summed E-state index contributed by atoms with van der Waals surface area (Å²) in [6.45, 7) is 5.08. The van der Waals surface area contributed by atoms with Crippen LogP contribution in [0.2, 0.25) is 0 Å². The van der Waals surface area contributed by atoms with Crippen LogP contribution in [0.3, 0.4) is 0 Å². The van der Waals surface area contributed by atoms with E-state index in [4.69, 9.17) is 0 Å². The Hall–Kier alpha value is -0.660. The van der Waals surface area contributed by atoms with Gasteiger partial charge in [0.2, 0.25) is 0 Å². The van der Waals surface area contributed by atoms with E-state index in [9.17, 15) is 9.59 Å². The third-order valence-electron chi connectivity index (χ3n) is 1.32. The van der Waals surface area contributed by atoms with E-state index in [1.807, 2.05) is 0 Å². The lowest BCUT2D eigenvalue weighted by Gasteiger charge is -1.93. The first-order valence-electron chi connectivity index (χ1n) is 3.57. The minimum atomic E-state index is -0.559. The van der Waals surface area contributed by atoms with Crippen molar-refractivity contribution in [2.24, 2.45) is 0 Å². The van der Waals surface area contributed by atoms with Crippen LogP contribution < -0.4 is 0 Å². The van der Waals surface area contributed by atoms with Crippen LogP contribution in [0.25, 0.3) is 0 Å². The average Bonchev–Trinajstić information content (AvgIpc) is 1.88. The van der Waals surface area contributed by atoms with Crippen molar-refractivity contribution in [1.29, 1.82) is 0 Å². The normalized spacial score (nSPS) is 9.40. The molecule has 0 aliphatic heterocycles. The summed E-state index contributed by atoms with van der Waals surface area (Å²) < 4.78 is 0. The largest absolute Gasteiger partial charge is 0.291 e. The van der Waals surface area contributed by atoms with E-state index in [-0.39, 0.29) is 5.78 Å². The molecule has 10 heavy (non-hydrogen) atoms. The van der Waals surface area contributed by atoms with Gasteiger partial charge in [0.15, 0.2) is 11.6 Å². The molecule has 0 atom stereocenters. The summed E-state index contributed by atoms with van der Waals surface area (Å²) in [6, 6.07) is 0. The Kier molecular flexibility index (Phi) is 4.81. The SMILES string of the molecule is [CH2]C(=O)C(=O)CCCCC. The van der Waals surface area contributed by atoms with Gasteiger partial charge in [-0.15, -0.1) is 0 Å². The summed E-state index contributed by atoms with van der Waals surface area (Å²) in [5.74, 6) is -0.899. The summed E-state index contributed by atoms with van der Waals surface area (Å²) >= 11 is 0. The van der Waals surface area contributed by atoms with Gasteiger partial charge in [0.1, 0.15) is 0 Å². The zero-order valence-corrected chi connectivity index (χ0v) is 6.35. The van der Waals surface area contributed by atoms with E-state index in [1.165, 1.54) is 0 Å². The first kappa shape index (κ1) is 9.34. The van der Waals surface area contributed by atoms with Crippen molar-refractivity contribution in [3.8, 4) is 0 Å². The van der Waals surface area contributed by atoms with Crippen molar-refractivity contribution >= 4 is 11.6 Å². The molecule has 0 aromatic carbocycles. The molecule has 1 radical (unpaired) electrons. The molecule has 0 bridgehead atoms. The van der Waals surface area contributed by atoms with Gasteiger partial charge in [-0.3, -0.25) is 9.59 Å². The number of Topliss-reactive ketones (excluding diaryl/α,β-unsaturated/α-hetero) is 2. The Labute approximate surface area is 61.6 Å². The van der Waals surface area contributed by atoms with Gasteiger partial charge in [0.25, 0.3) is 0 Å². The Balaban J connectivity index is 3.31. The van der Waals surface area contributed by atoms with Gasteiger partial charge < -0.3 is 0 Å². The molecular weight excluding hydrogens is 128 g/mol. The molecule has 2 heteroatoms. The van der Waals surface area contributed by atoms with E-state index in [0.717, 1.165) is 19.3 Å². The third-order valence-corrected chi connectivity index (χ3v) is 1.32. The van der Waals surface area contributed by atoms with Gasteiger partial charge in [-0.2, -0.15) is 0 Å². The standard InChI is InChI=1S/C8H13O2/c1-3-4-5-6-8(10)7(2)9/h2-6H2,1H3. The van der Waals surface area contributed by atoms with Gasteiger partial charge in [-0.1, -0.05) is 19.8 Å². The summed E-state index contributed by atoms with van der Waals surface area (Å²) in [4.78, 5) is 20.9. The number of rotatable bonds is 5. The Morgan fingerprint density at radius 3 is 2.30 bits per heavy atom. The second-order valence-electron chi connectivity index (χ2n) is 2.30. The van der Waals surface area contributed by atoms with Crippen molar-refractivity contribution in [3.63, 3.8) is 0 Å². The minimum Gasteiger partial charge on any atom is -0.291 e. The first-order chi connectivity index (χ1) is 4.68. The molecule has 57 valence electrons. The van der Waals surface area contributed by atoms with Crippen LogP contribution in [0.5, 0.6) is 0 Å². The Bertz CT molecular complexity index is 127. The molecule has 0 heterocycles. The molecule has 0 aromatic heterocycles. The van der Waals surface area contributed by atoms with Gasteiger partial charge >= 0.3 is 0 Å². The maximum Gasteiger partial charge on any atom is 0.198 e. The maximum atomic E-state index is 10.6. The fraction of sp³-hybridized carbons (Fsp3) is 0.625. The number of unbranched alkanes of at least 4 members (excludes halogenated alkanes) is 2. The molecule has 0 aromatic rings. The fourth-order valence-corrected chi connectivity index (χ4v) is 0.675. The van der Waals surface area contributed by atoms with Crippen LogP contribution in [-0.2, 0) is 9.59 Å². The molecule has 0 amide bonds. The molecule has 0 spiro atoms. The average molecular weight is 141 g/mol. The van der Waals surface area contributed by atoms with Crippen LogP contribution in [-0.4, -0.2) is 11.6 Å². The summed E-state index contributed by atoms with van der Waals surface area (Å²) in [5, 5.41) is 0. The fourth-order valence-electron chi connectivity index (χ4n) is 0.675.